The van der Waals surface area contributed by atoms with E-state index in [0.29, 0.717) is 12.2 Å². The number of carbonyl (C=O) groups excluding carboxylic acids is 1. The van der Waals surface area contributed by atoms with Crippen molar-refractivity contribution in [3.8, 4) is 5.75 Å². The third-order valence-electron chi connectivity index (χ3n) is 2.95. The summed E-state index contributed by atoms with van der Waals surface area (Å²) in [5.74, 6) is 0.768. The van der Waals surface area contributed by atoms with Crippen molar-refractivity contribution in [2.24, 2.45) is 0 Å². The van der Waals surface area contributed by atoms with Gasteiger partial charge in [0.1, 0.15) is 12.4 Å². The fraction of sp³-hybridized carbons (Fsp3) is 0.0625. The van der Waals surface area contributed by atoms with Gasteiger partial charge in [-0.15, -0.1) is 11.3 Å². The minimum absolute atomic E-state index is 0.508. The highest BCUT2D eigenvalue weighted by Gasteiger charge is 2.09. The number of benzene rings is 2. The van der Waals surface area contributed by atoms with Crippen LogP contribution in [-0.2, 0) is 6.61 Å². The van der Waals surface area contributed by atoms with Crippen LogP contribution < -0.4 is 4.74 Å². The second kappa shape index (κ2) is 5.24. The highest BCUT2D eigenvalue weighted by Crippen LogP contribution is 2.33. The molecule has 0 radical (unpaired) electrons. The Balaban J connectivity index is 1.92. The summed E-state index contributed by atoms with van der Waals surface area (Å²) in [4.78, 5) is 11.1. The zero-order valence-corrected chi connectivity index (χ0v) is 11.0. The highest BCUT2D eigenvalue weighted by molar-refractivity contribution is 7.17. The van der Waals surface area contributed by atoms with Crippen LogP contribution >= 0.6 is 11.3 Å². The molecule has 19 heavy (non-hydrogen) atoms. The number of hydrogen-bond acceptors (Lipinski definition) is 3. The summed E-state index contributed by atoms with van der Waals surface area (Å²) in [6, 6.07) is 15.9. The molecule has 0 atom stereocenters. The quantitative estimate of drug-likeness (QED) is 0.660. The number of thiophene rings is 1. The number of hydrogen-bond donors (Lipinski definition) is 0. The molecule has 2 aromatic carbocycles. The van der Waals surface area contributed by atoms with Gasteiger partial charge in [0.2, 0.25) is 0 Å². The van der Waals surface area contributed by atoms with E-state index in [1.807, 2.05) is 53.9 Å². The van der Waals surface area contributed by atoms with E-state index >= 15 is 0 Å². The molecule has 0 amide bonds. The molecule has 2 nitrogen and oxygen atoms in total. The molecule has 0 N–H and O–H groups in total. The van der Waals surface area contributed by atoms with E-state index in [4.69, 9.17) is 4.74 Å². The van der Waals surface area contributed by atoms with Crippen LogP contribution in [0.1, 0.15) is 15.9 Å². The highest BCUT2D eigenvalue weighted by atomic mass is 32.1. The van der Waals surface area contributed by atoms with Gasteiger partial charge in [0.15, 0.2) is 6.29 Å². The van der Waals surface area contributed by atoms with Gasteiger partial charge in [0, 0.05) is 21.0 Å². The summed E-state index contributed by atoms with van der Waals surface area (Å²) < 4.78 is 6.93. The molecule has 0 aliphatic carbocycles. The normalized spacial score (nSPS) is 10.5. The summed E-state index contributed by atoms with van der Waals surface area (Å²) in [6.45, 7) is 0.508. The summed E-state index contributed by atoms with van der Waals surface area (Å²) >= 11 is 1.56. The van der Waals surface area contributed by atoms with Gasteiger partial charge >= 0.3 is 0 Å². The molecule has 3 aromatic rings. The fourth-order valence-corrected chi connectivity index (χ4v) is 2.94. The topological polar surface area (TPSA) is 26.3 Å². The third kappa shape index (κ3) is 2.37. The zero-order chi connectivity index (χ0) is 13.1. The van der Waals surface area contributed by atoms with E-state index in [0.717, 1.165) is 27.7 Å². The van der Waals surface area contributed by atoms with Crippen molar-refractivity contribution in [3.05, 3.63) is 65.0 Å². The number of rotatable bonds is 4. The Morgan fingerprint density at radius 1 is 1.05 bits per heavy atom. The van der Waals surface area contributed by atoms with Crippen molar-refractivity contribution in [1.82, 2.24) is 0 Å². The van der Waals surface area contributed by atoms with E-state index in [-0.39, 0.29) is 0 Å². The number of fused-ring (bicyclic) bond motifs is 1. The summed E-state index contributed by atoms with van der Waals surface area (Å²) in [7, 11) is 0. The average Bonchev–Trinajstić information content (AvgIpc) is 2.90. The van der Waals surface area contributed by atoms with Crippen molar-refractivity contribution in [1.29, 1.82) is 0 Å². The summed E-state index contributed by atoms with van der Waals surface area (Å²) in [5, 5.41) is 2.78. The predicted octanol–water partition coefficient (Wildman–Crippen LogP) is 4.29. The average molecular weight is 268 g/mol. The number of carbonyl (C=O) groups is 1. The van der Waals surface area contributed by atoms with Crippen LogP contribution in [0.2, 0.25) is 0 Å². The first-order chi connectivity index (χ1) is 9.38. The van der Waals surface area contributed by atoms with Crippen LogP contribution in [0.5, 0.6) is 5.75 Å². The first kappa shape index (κ1) is 11.9. The Morgan fingerprint density at radius 2 is 1.89 bits per heavy atom. The second-order valence-corrected chi connectivity index (χ2v) is 5.12. The van der Waals surface area contributed by atoms with Gasteiger partial charge in [-0.3, -0.25) is 4.79 Å². The van der Waals surface area contributed by atoms with E-state index in [1.54, 1.807) is 11.3 Å². The van der Waals surface area contributed by atoms with E-state index in [2.05, 4.69) is 0 Å². The van der Waals surface area contributed by atoms with Gasteiger partial charge in [-0.05, 0) is 17.7 Å². The Bertz CT molecular complexity index is 701. The molecule has 0 unspecified atom stereocenters. The van der Waals surface area contributed by atoms with Crippen molar-refractivity contribution in [2.75, 3.05) is 0 Å². The van der Waals surface area contributed by atoms with Crippen LogP contribution in [0.4, 0.5) is 0 Å². The standard InChI is InChI=1S/C16H12O2S/c17-9-13-11-19-15-8-4-7-14(16(13)15)18-10-12-5-2-1-3-6-12/h1-9,11H,10H2. The second-order valence-electron chi connectivity index (χ2n) is 4.21. The summed E-state index contributed by atoms with van der Waals surface area (Å²) in [6.07, 6.45) is 0.883. The first-order valence-corrected chi connectivity index (χ1v) is 6.88. The molecule has 0 spiro atoms. The molecule has 1 aromatic heterocycles. The molecule has 0 fully saturated rings. The van der Waals surface area contributed by atoms with Crippen molar-refractivity contribution in [3.63, 3.8) is 0 Å². The predicted molar refractivity (Wildman–Crippen MR) is 78.0 cm³/mol. The fourth-order valence-electron chi connectivity index (χ4n) is 2.02. The molecule has 3 heteroatoms. The zero-order valence-electron chi connectivity index (χ0n) is 10.2. The van der Waals surface area contributed by atoms with Crippen LogP contribution in [0.15, 0.2) is 53.9 Å². The van der Waals surface area contributed by atoms with Gasteiger partial charge in [-0.25, -0.2) is 0 Å². The lowest BCUT2D eigenvalue weighted by molar-refractivity contribution is 0.112. The Labute approximate surface area is 115 Å². The van der Waals surface area contributed by atoms with E-state index in [9.17, 15) is 4.79 Å². The van der Waals surface area contributed by atoms with Crippen molar-refractivity contribution in [2.45, 2.75) is 6.61 Å². The first-order valence-electron chi connectivity index (χ1n) is 6.00. The van der Waals surface area contributed by atoms with Crippen molar-refractivity contribution >= 4 is 27.7 Å². The third-order valence-corrected chi connectivity index (χ3v) is 3.92. The summed E-state index contributed by atoms with van der Waals surface area (Å²) in [5.41, 5.74) is 1.81. The number of ether oxygens (including phenoxy) is 1. The van der Waals surface area contributed by atoms with Gasteiger partial charge in [0.05, 0.1) is 0 Å². The SMILES string of the molecule is O=Cc1csc2cccc(OCc3ccccc3)c12. The molecular weight excluding hydrogens is 256 g/mol. The minimum Gasteiger partial charge on any atom is -0.488 e. The maximum atomic E-state index is 11.1. The maximum absolute atomic E-state index is 11.1. The largest absolute Gasteiger partial charge is 0.488 e. The Kier molecular flexibility index (Phi) is 3.29. The maximum Gasteiger partial charge on any atom is 0.151 e. The van der Waals surface area contributed by atoms with Gasteiger partial charge < -0.3 is 4.74 Å². The molecule has 0 aliphatic heterocycles. The van der Waals surface area contributed by atoms with Gasteiger partial charge in [-0.2, -0.15) is 0 Å². The monoisotopic (exact) mass is 268 g/mol. The molecule has 0 saturated heterocycles. The molecule has 0 saturated carbocycles. The molecule has 1 heterocycles. The Hall–Kier alpha value is -2.13. The van der Waals surface area contributed by atoms with Crippen LogP contribution in [-0.4, -0.2) is 6.29 Å². The van der Waals surface area contributed by atoms with Crippen LogP contribution in [0, 0.1) is 0 Å². The van der Waals surface area contributed by atoms with Gasteiger partial charge in [0.25, 0.3) is 0 Å². The van der Waals surface area contributed by atoms with Crippen LogP contribution in [0.25, 0.3) is 10.1 Å². The smallest absolute Gasteiger partial charge is 0.151 e. The molecule has 94 valence electrons. The lowest BCUT2D eigenvalue weighted by Gasteiger charge is -2.08. The van der Waals surface area contributed by atoms with E-state index < -0.39 is 0 Å². The van der Waals surface area contributed by atoms with E-state index in [1.165, 1.54) is 0 Å². The van der Waals surface area contributed by atoms with Crippen molar-refractivity contribution < 1.29 is 9.53 Å². The molecular formula is C16H12O2S. The number of aldehydes is 1. The lowest BCUT2D eigenvalue weighted by atomic mass is 10.1. The van der Waals surface area contributed by atoms with Crippen LogP contribution in [0.3, 0.4) is 0 Å². The minimum atomic E-state index is 0.508. The lowest BCUT2D eigenvalue weighted by Crippen LogP contribution is -1.95. The Morgan fingerprint density at radius 3 is 2.68 bits per heavy atom. The molecule has 3 rings (SSSR count). The molecule has 0 aliphatic rings. The molecule has 0 bridgehead atoms. The van der Waals surface area contributed by atoms with Gasteiger partial charge in [-0.1, -0.05) is 36.4 Å².